The molecule has 2 heterocycles. The topological polar surface area (TPSA) is 68.5 Å². The molecule has 0 aromatic carbocycles. The molecular weight excluding hydrogens is 260 g/mol. The smallest absolute Gasteiger partial charge is 0.223 e. The Morgan fingerprint density at radius 1 is 1.40 bits per heavy atom. The van der Waals surface area contributed by atoms with Crippen LogP contribution in [0.5, 0.6) is 0 Å². The predicted molar refractivity (Wildman–Crippen MR) is 58.1 cm³/mol. The second-order valence-electron chi connectivity index (χ2n) is 2.94. The fourth-order valence-corrected chi connectivity index (χ4v) is 1.23. The molecule has 2 rings (SSSR count). The minimum atomic E-state index is 0.554. The highest BCUT2D eigenvalue weighted by molar-refractivity contribution is 9.10. The Kier molecular flexibility index (Phi) is 2.91. The SMILES string of the molecule is Cn1cnnc1CNc1ncc(Br)cn1. The summed E-state index contributed by atoms with van der Waals surface area (Å²) in [6, 6.07) is 0. The highest BCUT2D eigenvalue weighted by atomic mass is 79.9. The van der Waals surface area contributed by atoms with Crippen LogP contribution in [0.25, 0.3) is 0 Å². The third-order valence-electron chi connectivity index (χ3n) is 1.83. The lowest BCUT2D eigenvalue weighted by molar-refractivity contribution is 0.807. The summed E-state index contributed by atoms with van der Waals surface area (Å²) in [6.07, 6.45) is 5.03. The molecule has 0 saturated heterocycles. The monoisotopic (exact) mass is 268 g/mol. The molecule has 0 saturated carbocycles. The predicted octanol–water partition coefficient (Wildman–Crippen LogP) is 0.980. The molecule has 0 atom stereocenters. The average Bonchev–Trinajstić information content (AvgIpc) is 2.63. The molecule has 2 aromatic rings. The van der Waals surface area contributed by atoms with Crippen LogP contribution in [0.4, 0.5) is 5.95 Å². The van der Waals surface area contributed by atoms with E-state index in [-0.39, 0.29) is 0 Å². The van der Waals surface area contributed by atoms with Crippen LogP contribution in [-0.2, 0) is 13.6 Å². The zero-order valence-corrected chi connectivity index (χ0v) is 9.64. The number of aryl methyl sites for hydroxylation is 1. The van der Waals surface area contributed by atoms with Gasteiger partial charge in [-0.25, -0.2) is 9.97 Å². The maximum Gasteiger partial charge on any atom is 0.223 e. The standard InChI is InChI=1S/C8H9BrN6/c1-15-5-13-14-7(15)4-12-8-10-2-6(9)3-11-8/h2-3,5H,4H2,1H3,(H,10,11,12). The molecular formula is C8H9BrN6. The first-order valence-electron chi connectivity index (χ1n) is 4.30. The molecule has 1 N–H and O–H groups in total. The summed E-state index contributed by atoms with van der Waals surface area (Å²) in [5.74, 6) is 1.41. The summed E-state index contributed by atoms with van der Waals surface area (Å²) >= 11 is 3.27. The van der Waals surface area contributed by atoms with Crippen LogP contribution in [0.3, 0.4) is 0 Å². The summed E-state index contributed by atoms with van der Waals surface area (Å²) in [5, 5.41) is 10.8. The van der Waals surface area contributed by atoms with Gasteiger partial charge in [-0.05, 0) is 15.9 Å². The maximum atomic E-state index is 4.08. The van der Waals surface area contributed by atoms with Gasteiger partial charge in [0, 0.05) is 19.4 Å². The zero-order valence-electron chi connectivity index (χ0n) is 8.05. The molecule has 15 heavy (non-hydrogen) atoms. The van der Waals surface area contributed by atoms with Crippen molar-refractivity contribution < 1.29 is 0 Å². The van der Waals surface area contributed by atoms with Gasteiger partial charge in [0.2, 0.25) is 5.95 Å². The van der Waals surface area contributed by atoms with Crippen molar-refractivity contribution in [3.8, 4) is 0 Å². The number of rotatable bonds is 3. The third kappa shape index (κ3) is 2.50. The van der Waals surface area contributed by atoms with E-state index < -0.39 is 0 Å². The molecule has 0 unspecified atom stereocenters. The molecule has 78 valence electrons. The second-order valence-corrected chi connectivity index (χ2v) is 3.85. The molecule has 0 aliphatic rings. The minimum absolute atomic E-state index is 0.554. The first-order valence-corrected chi connectivity index (χ1v) is 5.09. The van der Waals surface area contributed by atoms with E-state index in [1.165, 1.54) is 0 Å². The minimum Gasteiger partial charge on any atom is -0.347 e. The van der Waals surface area contributed by atoms with Crippen LogP contribution in [0.15, 0.2) is 23.2 Å². The molecule has 0 aliphatic carbocycles. The van der Waals surface area contributed by atoms with E-state index in [0.29, 0.717) is 12.5 Å². The van der Waals surface area contributed by atoms with E-state index >= 15 is 0 Å². The number of aromatic nitrogens is 5. The largest absolute Gasteiger partial charge is 0.347 e. The Morgan fingerprint density at radius 3 is 2.73 bits per heavy atom. The lowest BCUT2D eigenvalue weighted by Crippen LogP contribution is -2.07. The van der Waals surface area contributed by atoms with Crippen molar-refractivity contribution in [3.05, 3.63) is 29.0 Å². The van der Waals surface area contributed by atoms with Gasteiger partial charge in [0.1, 0.15) is 6.33 Å². The van der Waals surface area contributed by atoms with Crippen LogP contribution in [0.2, 0.25) is 0 Å². The number of nitrogens with zero attached hydrogens (tertiary/aromatic N) is 5. The van der Waals surface area contributed by atoms with Gasteiger partial charge in [0.25, 0.3) is 0 Å². The van der Waals surface area contributed by atoms with Crippen molar-refractivity contribution in [2.45, 2.75) is 6.54 Å². The van der Waals surface area contributed by atoms with Crippen LogP contribution in [0, 0.1) is 0 Å². The van der Waals surface area contributed by atoms with Gasteiger partial charge >= 0.3 is 0 Å². The molecule has 0 bridgehead atoms. The highest BCUT2D eigenvalue weighted by Gasteiger charge is 2.01. The highest BCUT2D eigenvalue weighted by Crippen LogP contribution is 2.07. The number of halogens is 1. The Hall–Kier alpha value is -1.50. The number of anilines is 1. The molecule has 7 heteroatoms. The summed E-state index contributed by atoms with van der Waals surface area (Å²) < 4.78 is 2.69. The molecule has 0 aliphatic heterocycles. The van der Waals surface area contributed by atoms with Crippen LogP contribution in [0.1, 0.15) is 5.82 Å². The maximum absolute atomic E-state index is 4.08. The van der Waals surface area contributed by atoms with Gasteiger partial charge in [-0.1, -0.05) is 0 Å². The Labute approximate surface area is 94.9 Å². The van der Waals surface area contributed by atoms with Crippen molar-refractivity contribution in [2.24, 2.45) is 7.05 Å². The number of nitrogens with one attached hydrogen (secondary N) is 1. The Bertz CT molecular complexity index is 437. The van der Waals surface area contributed by atoms with Crippen LogP contribution in [-0.4, -0.2) is 24.7 Å². The fourth-order valence-electron chi connectivity index (χ4n) is 1.03. The van der Waals surface area contributed by atoms with Crippen molar-refractivity contribution in [2.75, 3.05) is 5.32 Å². The van der Waals surface area contributed by atoms with E-state index in [9.17, 15) is 0 Å². The van der Waals surface area contributed by atoms with E-state index in [1.807, 2.05) is 11.6 Å². The van der Waals surface area contributed by atoms with E-state index in [0.717, 1.165) is 10.3 Å². The molecule has 0 fully saturated rings. The molecule has 2 aromatic heterocycles. The Balaban J connectivity index is 1.99. The van der Waals surface area contributed by atoms with E-state index in [4.69, 9.17) is 0 Å². The van der Waals surface area contributed by atoms with Gasteiger partial charge in [0.15, 0.2) is 5.82 Å². The van der Waals surface area contributed by atoms with Crippen molar-refractivity contribution in [1.29, 1.82) is 0 Å². The first-order chi connectivity index (χ1) is 7.25. The average molecular weight is 269 g/mol. The summed E-state index contributed by atoms with van der Waals surface area (Å²) in [6.45, 7) is 0.554. The number of hydrogen-bond acceptors (Lipinski definition) is 5. The Morgan fingerprint density at radius 2 is 2.13 bits per heavy atom. The van der Waals surface area contributed by atoms with Crippen molar-refractivity contribution in [1.82, 2.24) is 24.7 Å². The third-order valence-corrected chi connectivity index (χ3v) is 2.24. The van der Waals surface area contributed by atoms with Crippen LogP contribution < -0.4 is 5.32 Å². The normalized spacial score (nSPS) is 10.3. The first kappa shape index (κ1) is 10.0. The van der Waals surface area contributed by atoms with Gasteiger partial charge < -0.3 is 9.88 Å². The molecule has 0 amide bonds. The van der Waals surface area contributed by atoms with Crippen LogP contribution >= 0.6 is 15.9 Å². The summed E-state index contributed by atoms with van der Waals surface area (Å²) in [5.41, 5.74) is 0. The molecule has 0 radical (unpaired) electrons. The van der Waals surface area contributed by atoms with Gasteiger partial charge in [0.05, 0.1) is 11.0 Å². The number of hydrogen-bond donors (Lipinski definition) is 1. The zero-order chi connectivity index (χ0) is 10.7. The van der Waals surface area contributed by atoms with E-state index in [2.05, 4.69) is 41.4 Å². The lowest BCUT2D eigenvalue weighted by atomic mass is 10.6. The van der Waals surface area contributed by atoms with E-state index in [1.54, 1.807) is 18.7 Å². The molecule has 0 spiro atoms. The quantitative estimate of drug-likeness (QED) is 0.899. The van der Waals surface area contributed by atoms with Gasteiger partial charge in [-0.15, -0.1) is 10.2 Å². The lowest BCUT2D eigenvalue weighted by Gasteiger charge is -2.03. The fraction of sp³-hybridized carbons (Fsp3) is 0.250. The van der Waals surface area contributed by atoms with Gasteiger partial charge in [-0.2, -0.15) is 0 Å². The van der Waals surface area contributed by atoms with Crippen molar-refractivity contribution >= 4 is 21.9 Å². The second kappa shape index (κ2) is 4.35. The van der Waals surface area contributed by atoms with Gasteiger partial charge in [-0.3, -0.25) is 0 Å². The molecule has 6 nitrogen and oxygen atoms in total. The summed E-state index contributed by atoms with van der Waals surface area (Å²) in [4.78, 5) is 8.16. The summed E-state index contributed by atoms with van der Waals surface area (Å²) in [7, 11) is 1.89. The van der Waals surface area contributed by atoms with Crippen molar-refractivity contribution in [3.63, 3.8) is 0 Å².